The number of nitrogens with one attached hydrogen (secondary N) is 1. The van der Waals surface area contributed by atoms with E-state index in [4.69, 9.17) is 4.74 Å². The van der Waals surface area contributed by atoms with Gasteiger partial charge in [0.25, 0.3) is 0 Å². The van der Waals surface area contributed by atoms with E-state index in [2.05, 4.69) is 52.2 Å². The first-order chi connectivity index (χ1) is 14.7. The smallest absolute Gasteiger partial charge is 0.224 e. The molecule has 30 heavy (non-hydrogen) atoms. The summed E-state index contributed by atoms with van der Waals surface area (Å²) in [6.07, 6.45) is 4.67. The average Bonchev–Trinajstić information content (AvgIpc) is 3.05. The average molecular weight is 404 g/mol. The number of amides is 1. The van der Waals surface area contributed by atoms with Crippen molar-refractivity contribution in [2.24, 2.45) is 7.05 Å². The molecule has 0 unspecified atom stereocenters. The van der Waals surface area contributed by atoms with Crippen LogP contribution in [0.25, 0.3) is 10.9 Å². The fraction of sp³-hybridized carbons (Fsp3) is 0.400. The second kappa shape index (κ2) is 8.15. The summed E-state index contributed by atoms with van der Waals surface area (Å²) in [7, 11) is 2.19. The van der Waals surface area contributed by atoms with Crippen molar-refractivity contribution >= 4 is 22.5 Å². The molecule has 0 radical (unpaired) electrons. The number of fused-ring (bicyclic) bond motifs is 4. The van der Waals surface area contributed by atoms with Crippen LogP contribution in [0.2, 0.25) is 0 Å². The molecular formula is C25H29N3O2. The lowest BCUT2D eigenvalue weighted by Crippen LogP contribution is -2.31. The molecule has 1 aromatic heterocycles. The Hall–Kier alpha value is -2.79. The number of benzene rings is 2. The monoisotopic (exact) mass is 403 g/mol. The zero-order valence-corrected chi connectivity index (χ0v) is 17.6. The Bertz CT molecular complexity index is 1090. The summed E-state index contributed by atoms with van der Waals surface area (Å²) >= 11 is 0. The fourth-order valence-corrected chi connectivity index (χ4v) is 4.85. The van der Waals surface area contributed by atoms with Gasteiger partial charge < -0.3 is 14.6 Å². The molecule has 1 N–H and O–H groups in total. The maximum absolute atomic E-state index is 11.6. The Morgan fingerprint density at radius 1 is 1.07 bits per heavy atom. The number of aryl methyl sites for hydroxylation is 2. The number of anilines is 1. The molecule has 5 heteroatoms. The van der Waals surface area contributed by atoms with Crippen molar-refractivity contribution < 1.29 is 9.53 Å². The third-order valence-corrected chi connectivity index (χ3v) is 6.50. The molecule has 0 saturated heterocycles. The lowest BCUT2D eigenvalue weighted by Gasteiger charge is -2.27. The zero-order chi connectivity index (χ0) is 20.5. The van der Waals surface area contributed by atoms with E-state index < -0.39 is 0 Å². The number of aromatic nitrogens is 1. The summed E-state index contributed by atoms with van der Waals surface area (Å²) in [5.41, 5.74) is 6.45. The van der Waals surface area contributed by atoms with Crippen LogP contribution in [0.3, 0.4) is 0 Å². The van der Waals surface area contributed by atoms with E-state index in [-0.39, 0.29) is 5.91 Å². The summed E-state index contributed by atoms with van der Waals surface area (Å²) in [5, 5.41) is 4.35. The maximum Gasteiger partial charge on any atom is 0.224 e. The molecule has 2 aliphatic rings. The van der Waals surface area contributed by atoms with Gasteiger partial charge in [-0.3, -0.25) is 9.69 Å². The predicted octanol–water partition coefficient (Wildman–Crippen LogP) is 4.28. The van der Waals surface area contributed by atoms with Crippen molar-refractivity contribution in [3.8, 4) is 5.75 Å². The normalized spacial score (nSPS) is 16.2. The quantitative estimate of drug-likeness (QED) is 0.625. The molecule has 0 fully saturated rings. The van der Waals surface area contributed by atoms with Crippen LogP contribution in [0.5, 0.6) is 5.75 Å². The third-order valence-electron chi connectivity index (χ3n) is 6.50. The van der Waals surface area contributed by atoms with Crippen LogP contribution in [0.4, 0.5) is 5.69 Å². The van der Waals surface area contributed by atoms with Gasteiger partial charge in [-0.15, -0.1) is 0 Å². The summed E-state index contributed by atoms with van der Waals surface area (Å²) in [6.45, 7) is 3.98. The number of unbranched alkanes of at least 4 members (excludes halogenated alkanes) is 1. The first kappa shape index (κ1) is 19.2. The Labute approximate surface area is 177 Å². The molecule has 156 valence electrons. The second-order valence-corrected chi connectivity index (χ2v) is 8.45. The van der Waals surface area contributed by atoms with E-state index in [9.17, 15) is 4.79 Å². The molecule has 0 atom stereocenters. The van der Waals surface area contributed by atoms with Gasteiger partial charge >= 0.3 is 0 Å². The van der Waals surface area contributed by atoms with Gasteiger partial charge in [-0.2, -0.15) is 0 Å². The highest BCUT2D eigenvalue weighted by Gasteiger charge is 2.22. The van der Waals surface area contributed by atoms with E-state index in [0.717, 1.165) is 56.8 Å². The van der Waals surface area contributed by atoms with Crippen molar-refractivity contribution in [1.82, 2.24) is 9.47 Å². The van der Waals surface area contributed by atoms with Gasteiger partial charge in [0, 0.05) is 61.3 Å². The minimum atomic E-state index is 0.0931. The van der Waals surface area contributed by atoms with Gasteiger partial charge in [-0.25, -0.2) is 0 Å². The van der Waals surface area contributed by atoms with Crippen LogP contribution < -0.4 is 10.1 Å². The first-order valence-corrected chi connectivity index (χ1v) is 11.0. The van der Waals surface area contributed by atoms with Crippen molar-refractivity contribution in [1.29, 1.82) is 0 Å². The Morgan fingerprint density at radius 3 is 2.90 bits per heavy atom. The standard InChI is InChI=1S/C25H29N3O2/c1-27-23-7-3-2-6-20(23)21-17-28(14-12-24(21)27)13-4-5-15-30-19-10-8-18-9-11-25(29)26-22(18)16-19/h2-3,6-8,10,16H,4-5,9,11-15,17H2,1H3,(H,26,29). The SMILES string of the molecule is Cn1c2c(c3ccccc31)CN(CCCCOc1ccc3c(c1)NC(=O)CC3)CC2. The summed E-state index contributed by atoms with van der Waals surface area (Å²) in [5.74, 6) is 0.935. The number of carbonyl (C=O) groups is 1. The molecule has 2 aliphatic heterocycles. The van der Waals surface area contributed by atoms with E-state index in [1.807, 2.05) is 12.1 Å². The lowest BCUT2D eigenvalue weighted by molar-refractivity contribution is -0.116. The largest absolute Gasteiger partial charge is 0.494 e. The molecule has 0 spiro atoms. The molecule has 0 saturated carbocycles. The zero-order valence-electron chi connectivity index (χ0n) is 17.6. The van der Waals surface area contributed by atoms with Crippen LogP contribution in [-0.2, 0) is 31.2 Å². The molecule has 5 nitrogen and oxygen atoms in total. The number of hydrogen-bond acceptors (Lipinski definition) is 3. The van der Waals surface area contributed by atoms with Crippen LogP contribution in [0.1, 0.15) is 36.1 Å². The predicted molar refractivity (Wildman–Crippen MR) is 120 cm³/mol. The summed E-state index contributed by atoms with van der Waals surface area (Å²) in [6, 6.07) is 14.8. The van der Waals surface area contributed by atoms with Gasteiger partial charge in [-0.05, 0) is 49.1 Å². The molecule has 3 heterocycles. The van der Waals surface area contributed by atoms with E-state index in [1.54, 1.807) is 0 Å². The maximum atomic E-state index is 11.6. The Morgan fingerprint density at radius 2 is 1.97 bits per heavy atom. The summed E-state index contributed by atoms with van der Waals surface area (Å²) in [4.78, 5) is 14.2. The van der Waals surface area contributed by atoms with Crippen molar-refractivity contribution in [2.75, 3.05) is 25.0 Å². The highest BCUT2D eigenvalue weighted by atomic mass is 16.5. The van der Waals surface area contributed by atoms with Gasteiger partial charge in [0.15, 0.2) is 0 Å². The van der Waals surface area contributed by atoms with Gasteiger partial charge in [-0.1, -0.05) is 24.3 Å². The van der Waals surface area contributed by atoms with Gasteiger partial charge in [0.1, 0.15) is 5.75 Å². The molecule has 5 rings (SSSR count). The highest BCUT2D eigenvalue weighted by molar-refractivity contribution is 5.94. The Balaban J connectivity index is 1.11. The van der Waals surface area contributed by atoms with Crippen molar-refractivity contribution in [3.05, 3.63) is 59.3 Å². The van der Waals surface area contributed by atoms with Crippen LogP contribution >= 0.6 is 0 Å². The topological polar surface area (TPSA) is 46.5 Å². The number of hydrogen-bond donors (Lipinski definition) is 1. The van der Waals surface area contributed by atoms with Gasteiger partial charge in [0.05, 0.1) is 6.61 Å². The minimum absolute atomic E-state index is 0.0931. The molecule has 0 bridgehead atoms. The first-order valence-electron chi connectivity index (χ1n) is 11.0. The third kappa shape index (κ3) is 3.70. The second-order valence-electron chi connectivity index (χ2n) is 8.45. The minimum Gasteiger partial charge on any atom is -0.494 e. The van der Waals surface area contributed by atoms with Gasteiger partial charge in [0.2, 0.25) is 5.91 Å². The molecule has 1 amide bonds. The van der Waals surface area contributed by atoms with Crippen molar-refractivity contribution in [2.45, 2.75) is 38.6 Å². The lowest BCUT2D eigenvalue weighted by atomic mass is 10.0. The van der Waals surface area contributed by atoms with Crippen LogP contribution in [0, 0.1) is 0 Å². The molecule has 3 aromatic rings. The number of carbonyl (C=O) groups excluding carboxylic acids is 1. The van der Waals surface area contributed by atoms with E-state index in [0.29, 0.717) is 13.0 Å². The van der Waals surface area contributed by atoms with E-state index >= 15 is 0 Å². The number of nitrogens with zero attached hydrogens (tertiary/aromatic N) is 2. The molecular weight excluding hydrogens is 374 g/mol. The van der Waals surface area contributed by atoms with Crippen LogP contribution in [0.15, 0.2) is 42.5 Å². The highest BCUT2D eigenvalue weighted by Crippen LogP contribution is 2.30. The fourth-order valence-electron chi connectivity index (χ4n) is 4.85. The number of rotatable bonds is 6. The summed E-state index contributed by atoms with van der Waals surface area (Å²) < 4.78 is 8.31. The molecule has 0 aliphatic carbocycles. The van der Waals surface area contributed by atoms with E-state index in [1.165, 1.54) is 27.7 Å². The van der Waals surface area contributed by atoms with Crippen molar-refractivity contribution in [3.63, 3.8) is 0 Å². The molecule has 2 aromatic carbocycles. The van der Waals surface area contributed by atoms with Crippen LogP contribution in [-0.4, -0.2) is 35.1 Å². The number of para-hydroxylation sites is 1. The number of ether oxygens (including phenoxy) is 1. The Kier molecular flexibility index (Phi) is 5.21.